The van der Waals surface area contributed by atoms with Crippen molar-refractivity contribution in [2.45, 2.75) is 40.5 Å². The number of hydrogen-bond donors (Lipinski definition) is 0. The summed E-state index contributed by atoms with van der Waals surface area (Å²) in [6, 6.07) is 6.31. The van der Waals surface area contributed by atoms with E-state index in [1.54, 1.807) is 0 Å². The fraction of sp³-hybridized carbons (Fsp3) is 0.588. The largest absolute Gasteiger partial charge is 0.356 e. The predicted molar refractivity (Wildman–Crippen MR) is 84.0 cm³/mol. The van der Waals surface area contributed by atoms with Crippen molar-refractivity contribution in [2.75, 3.05) is 19.6 Å². The average Bonchev–Trinajstić information content (AvgIpc) is 2.79. The number of rotatable bonds is 7. The Balaban J connectivity index is 1.92. The molecule has 110 valence electrons. The van der Waals surface area contributed by atoms with Crippen molar-refractivity contribution in [3.05, 3.63) is 29.5 Å². The summed E-state index contributed by atoms with van der Waals surface area (Å²) in [5, 5.41) is 5.40. The van der Waals surface area contributed by atoms with Gasteiger partial charge in [0.05, 0.1) is 5.69 Å². The van der Waals surface area contributed by atoms with Crippen molar-refractivity contribution >= 4 is 11.0 Å². The molecule has 0 spiro atoms. The number of aryl methyl sites for hydroxylation is 2. The van der Waals surface area contributed by atoms with Gasteiger partial charge in [-0.15, -0.1) is 0 Å². The Labute approximate surface area is 121 Å². The zero-order valence-electron chi connectivity index (χ0n) is 13.1. The van der Waals surface area contributed by atoms with Crippen LogP contribution in [0.3, 0.4) is 0 Å². The number of hydrogen-bond acceptors (Lipinski definition) is 3. The summed E-state index contributed by atoms with van der Waals surface area (Å²) in [7, 11) is 0. The van der Waals surface area contributed by atoms with E-state index in [1.807, 2.05) is 0 Å². The van der Waals surface area contributed by atoms with Gasteiger partial charge in [0, 0.05) is 11.9 Å². The molecule has 3 nitrogen and oxygen atoms in total. The van der Waals surface area contributed by atoms with Crippen molar-refractivity contribution in [3.63, 3.8) is 0 Å². The predicted octanol–water partition coefficient (Wildman–Crippen LogP) is 4.05. The highest BCUT2D eigenvalue weighted by molar-refractivity contribution is 5.79. The van der Waals surface area contributed by atoms with Crippen LogP contribution in [0, 0.1) is 12.8 Å². The molecular formula is C17H26N2O. The molecule has 0 bridgehead atoms. The minimum Gasteiger partial charge on any atom is -0.356 e. The molecule has 1 aromatic heterocycles. The lowest BCUT2D eigenvalue weighted by molar-refractivity contribution is 0.253. The highest BCUT2D eigenvalue weighted by Gasteiger charge is 2.09. The van der Waals surface area contributed by atoms with Crippen LogP contribution >= 0.6 is 0 Å². The molecule has 0 saturated heterocycles. The topological polar surface area (TPSA) is 29.3 Å². The summed E-state index contributed by atoms with van der Waals surface area (Å²) in [5.74, 6) is 0.728. The normalized spacial score (nSPS) is 11.9. The van der Waals surface area contributed by atoms with Crippen LogP contribution in [-0.4, -0.2) is 29.7 Å². The molecule has 0 fully saturated rings. The zero-order valence-corrected chi connectivity index (χ0v) is 13.1. The Morgan fingerprint density at radius 2 is 2.10 bits per heavy atom. The molecule has 0 aliphatic rings. The lowest BCUT2D eigenvalue weighted by Crippen LogP contribution is -2.28. The van der Waals surface area contributed by atoms with Gasteiger partial charge in [-0.05, 0) is 56.5 Å². The Bertz CT molecular complexity index is 545. The first-order valence-corrected chi connectivity index (χ1v) is 7.67. The number of benzene rings is 1. The minimum atomic E-state index is 0.728. The van der Waals surface area contributed by atoms with Crippen LogP contribution in [0.1, 0.15) is 38.4 Å². The maximum atomic E-state index is 5.41. The maximum absolute atomic E-state index is 5.41. The maximum Gasteiger partial charge on any atom is 0.167 e. The summed E-state index contributed by atoms with van der Waals surface area (Å²) in [6.07, 6.45) is 2.13. The second-order valence-electron chi connectivity index (χ2n) is 6.02. The van der Waals surface area contributed by atoms with E-state index >= 15 is 0 Å². The van der Waals surface area contributed by atoms with E-state index in [1.165, 1.54) is 17.5 Å². The number of nitrogens with zero attached hydrogens (tertiary/aromatic N) is 2. The summed E-state index contributed by atoms with van der Waals surface area (Å²) in [5.41, 5.74) is 3.23. The summed E-state index contributed by atoms with van der Waals surface area (Å²) >= 11 is 0. The first kappa shape index (κ1) is 15.0. The van der Waals surface area contributed by atoms with Gasteiger partial charge in [-0.2, -0.15) is 0 Å². The Morgan fingerprint density at radius 3 is 2.80 bits per heavy atom. The van der Waals surface area contributed by atoms with Crippen LogP contribution in [0.15, 0.2) is 22.7 Å². The van der Waals surface area contributed by atoms with E-state index in [4.69, 9.17) is 4.52 Å². The first-order chi connectivity index (χ1) is 9.60. The first-order valence-electron chi connectivity index (χ1n) is 7.67. The van der Waals surface area contributed by atoms with Gasteiger partial charge in [-0.3, -0.25) is 0 Å². The molecular weight excluding hydrogens is 248 g/mol. The monoisotopic (exact) mass is 274 g/mol. The second kappa shape index (κ2) is 6.89. The molecule has 20 heavy (non-hydrogen) atoms. The molecule has 0 aliphatic heterocycles. The molecule has 0 N–H and O–H groups in total. The zero-order chi connectivity index (χ0) is 14.5. The van der Waals surface area contributed by atoms with Gasteiger partial charge in [-0.25, -0.2) is 0 Å². The second-order valence-corrected chi connectivity index (χ2v) is 6.02. The molecule has 1 aromatic carbocycles. The van der Waals surface area contributed by atoms with E-state index in [2.05, 4.69) is 56.0 Å². The molecule has 0 aliphatic carbocycles. The van der Waals surface area contributed by atoms with Crippen LogP contribution < -0.4 is 0 Å². The van der Waals surface area contributed by atoms with E-state index < -0.39 is 0 Å². The SMILES string of the molecule is CCN(CCCc1noc2cc(C)ccc12)CC(C)C. The molecule has 2 rings (SSSR count). The molecule has 0 radical (unpaired) electrons. The van der Waals surface area contributed by atoms with Gasteiger partial charge >= 0.3 is 0 Å². The molecule has 0 saturated carbocycles. The third-order valence-electron chi connectivity index (χ3n) is 3.66. The van der Waals surface area contributed by atoms with Crippen molar-refractivity contribution in [2.24, 2.45) is 5.92 Å². The Hall–Kier alpha value is -1.35. The fourth-order valence-corrected chi connectivity index (χ4v) is 2.64. The van der Waals surface area contributed by atoms with Gasteiger partial charge in [0.25, 0.3) is 0 Å². The molecule has 0 amide bonds. The van der Waals surface area contributed by atoms with Gasteiger partial charge in [0.15, 0.2) is 5.58 Å². The number of fused-ring (bicyclic) bond motifs is 1. The van der Waals surface area contributed by atoms with Crippen LogP contribution in [0.25, 0.3) is 11.0 Å². The Kier molecular flexibility index (Phi) is 5.18. The van der Waals surface area contributed by atoms with E-state index in [9.17, 15) is 0 Å². The third kappa shape index (κ3) is 3.83. The van der Waals surface area contributed by atoms with E-state index in [0.717, 1.165) is 43.1 Å². The molecule has 0 atom stereocenters. The molecule has 2 aromatic rings. The fourth-order valence-electron chi connectivity index (χ4n) is 2.64. The van der Waals surface area contributed by atoms with Crippen LogP contribution in [0.4, 0.5) is 0 Å². The molecule has 0 unspecified atom stereocenters. The smallest absolute Gasteiger partial charge is 0.167 e. The molecule has 1 heterocycles. The summed E-state index contributed by atoms with van der Waals surface area (Å²) in [6.45, 7) is 12.3. The highest BCUT2D eigenvalue weighted by atomic mass is 16.5. The standard InChI is InChI=1S/C17H26N2O/c1-5-19(12-13(2)3)10-6-7-16-15-9-8-14(4)11-17(15)20-18-16/h8-9,11,13H,5-7,10,12H2,1-4H3. The van der Waals surface area contributed by atoms with Crippen LogP contribution in [-0.2, 0) is 6.42 Å². The van der Waals surface area contributed by atoms with Crippen LogP contribution in [0.5, 0.6) is 0 Å². The van der Waals surface area contributed by atoms with Gasteiger partial charge in [0.1, 0.15) is 0 Å². The summed E-state index contributed by atoms with van der Waals surface area (Å²) in [4.78, 5) is 2.51. The van der Waals surface area contributed by atoms with Gasteiger partial charge in [-0.1, -0.05) is 32.0 Å². The van der Waals surface area contributed by atoms with Gasteiger partial charge < -0.3 is 9.42 Å². The van der Waals surface area contributed by atoms with Crippen molar-refractivity contribution in [1.29, 1.82) is 0 Å². The van der Waals surface area contributed by atoms with Crippen molar-refractivity contribution in [1.82, 2.24) is 10.1 Å². The third-order valence-corrected chi connectivity index (χ3v) is 3.66. The van der Waals surface area contributed by atoms with Gasteiger partial charge in [0.2, 0.25) is 0 Å². The van der Waals surface area contributed by atoms with Crippen LogP contribution in [0.2, 0.25) is 0 Å². The Morgan fingerprint density at radius 1 is 1.30 bits per heavy atom. The van der Waals surface area contributed by atoms with E-state index in [0.29, 0.717) is 0 Å². The van der Waals surface area contributed by atoms with Crippen molar-refractivity contribution in [3.8, 4) is 0 Å². The molecule has 3 heteroatoms. The minimum absolute atomic E-state index is 0.728. The quantitative estimate of drug-likeness (QED) is 0.763. The number of aromatic nitrogens is 1. The summed E-state index contributed by atoms with van der Waals surface area (Å²) < 4.78 is 5.41. The highest BCUT2D eigenvalue weighted by Crippen LogP contribution is 2.20. The van der Waals surface area contributed by atoms with E-state index in [-0.39, 0.29) is 0 Å². The lowest BCUT2D eigenvalue weighted by atomic mass is 10.1. The average molecular weight is 274 g/mol. The van der Waals surface area contributed by atoms with Crippen molar-refractivity contribution < 1.29 is 4.52 Å². The lowest BCUT2D eigenvalue weighted by Gasteiger charge is -2.22.